The fourth-order valence-corrected chi connectivity index (χ4v) is 1.77. The zero-order chi connectivity index (χ0) is 11.5. The van der Waals surface area contributed by atoms with Crippen molar-refractivity contribution in [2.75, 3.05) is 5.73 Å². The lowest BCUT2D eigenvalue weighted by atomic mass is 9.99. The van der Waals surface area contributed by atoms with Gasteiger partial charge >= 0.3 is 0 Å². The Bertz CT molecular complexity index is 565. The Hall–Kier alpha value is -2.27. The summed E-state index contributed by atoms with van der Waals surface area (Å²) in [5.74, 6) is 0. The smallest absolute Gasteiger partial charge is 0.0991 e. The lowest BCUT2D eigenvalue weighted by Crippen LogP contribution is -1.89. The van der Waals surface area contributed by atoms with Gasteiger partial charge in [-0.05, 0) is 47.9 Å². The Morgan fingerprint density at radius 3 is 2.62 bits per heavy atom. The van der Waals surface area contributed by atoms with E-state index < -0.39 is 0 Å². The van der Waals surface area contributed by atoms with E-state index in [-0.39, 0.29) is 0 Å². The SMILES string of the molecule is Cc1cc(N)ccc1-c1cccc(C#N)c1. The quantitative estimate of drug-likeness (QED) is 0.732. The molecule has 2 nitrogen and oxygen atoms in total. The Labute approximate surface area is 95.0 Å². The minimum absolute atomic E-state index is 0.675. The van der Waals surface area contributed by atoms with E-state index in [0.29, 0.717) is 5.56 Å². The van der Waals surface area contributed by atoms with E-state index in [1.54, 1.807) is 6.07 Å². The van der Waals surface area contributed by atoms with Crippen LogP contribution in [0.15, 0.2) is 42.5 Å². The number of benzene rings is 2. The van der Waals surface area contributed by atoms with Crippen molar-refractivity contribution in [3.63, 3.8) is 0 Å². The number of nitrogens with zero attached hydrogens (tertiary/aromatic N) is 1. The van der Waals surface area contributed by atoms with E-state index in [0.717, 1.165) is 22.4 Å². The van der Waals surface area contributed by atoms with Crippen LogP contribution in [0.1, 0.15) is 11.1 Å². The number of hydrogen-bond acceptors (Lipinski definition) is 2. The molecule has 0 atom stereocenters. The highest BCUT2D eigenvalue weighted by Crippen LogP contribution is 2.25. The van der Waals surface area contributed by atoms with Crippen molar-refractivity contribution in [1.82, 2.24) is 0 Å². The summed E-state index contributed by atoms with van der Waals surface area (Å²) in [6, 6.07) is 15.5. The topological polar surface area (TPSA) is 49.8 Å². The van der Waals surface area contributed by atoms with E-state index in [2.05, 4.69) is 6.07 Å². The molecule has 0 aromatic heterocycles. The number of hydrogen-bond donors (Lipinski definition) is 1. The summed E-state index contributed by atoms with van der Waals surface area (Å²) in [6.45, 7) is 2.02. The lowest BCUT2D eigenvalue weighted by Gasteiger charge is -2.07. The van der Waals surface area contributed by atoms with Gasteiger partial charge in [-0.1, -0.05) is 18.2 Å². The van der Waals surface area contributed by atoms with Crippen LogP contribution >= 0.6 is 0 Å². The molecule has 2 aromatic rings. The molecule has 0 spiro atoms. The fourth-order valence-electron chi connectivity index (χ4n) is 1.77. The minimum atomic E-state index is 0.675. The van der Waals surface area contributed by atoms with Crippen LogP contribution in [0.25, 0.3) is 11.1 Å². The summed E-state index contributed by atoms with van der Waals surface area (Å²) in [5.41, 5.74) is 10.4. The van der Waals surface area contributed by atoms with Gasteiger partial charge in [-0.2, -0.15) is 5.26 Å². The summed E-state index contributed by atoms with van der Waals surface area (Å²) in [4.78, 5) is 0. The largest absolute Gasteiger partial charge is 0.399 e. The van der Waals surface area contributed by atoms with Gasteiger partial charge in [0, 0.05) is 5.69 Å². The maximum atomic E-state index is 8.85. The van der Waals surface area contributed by atoms with Crippen LogP contribution in [-0.2, 0) is 0 Å². The number of nitriles is 1. The van der Waals surface area contributed by atoms with Gasteiger partial charge in [0.15, 0.2) is 0 Å². The number of nitrogens with two attached hydrogens (primary N) is 1. The molecule has 0 saturated carbocycles. The molecule has 2 heteroatoms. The van der Waals surface area contributed by atoms with Crippen LogP contribution in [0.3, 0.4) is 0 Å². The van der Waals surface area contributed by atoms with Crippen LogP contribution in [0.4, 0.5) is 5.69 Å². The normalized spacial score (nSPS) is 9.75. The molecule has 2 rings (SSSR count). The summed E-state index contributed by atoms with van der Waals surface area (Å²) >= 11 is 0. The molecular weight excluding hydrogens is 196 g/mol. The van der Waals surface area contributed by atoms with Crippen LogP contribution in [-0.4, -0.2) is 0 Å². The van der Waals surface area contributed by atoms with E-state index >= 15 is 0 Å². The first-order chi connectivity index (χ1) is 7.70. The Morgan fingerprint density at radius 2 is 1.94 bits per heavy atom. The molecule has 0 unspecified atom stereocenters. The van der Waals surface area contributed by atoms with Crippen molar-refractivity contribution in [1.29, 1.82) is 5.26 Å². The van der Waals surface area contributed by atoms with E-state index in [4.69, 9.17) is 11.0 Å². The first kappa shape index (κ1) is 10.3. The van der Waals surface area contributed by atoms with Crippen molar-refractivity contribution in [3.8, 4) is 17.2 Å². The molecule has 0 amide bonds. The highest BCUT2D eigenvalue weighted by atomic mass is 14.5. The average molecular weight is 208 g/mol. The second kappa shape index (κ2) is 4.08. The number of anilines is 1. The zero-order valence-electron chi connectivity index (χ0n) is 9.07. The van der Waals surface area contributed by atoms with Gasteiger partial charge in [-0.15, -0.1) is 0 Å². The molecule has 0 heterocycles. The van der Waals surface area contributed by atoms with Gasteiger partial charge in [0.25, 0.3) is 0 Å². The van der Waals surface area contributed by atoms with Gasteiger partial charge in [0.05, 0.1) is 11.6 Å². The van der Waals surface area contributed by atoms with Gasteiger partial charge in [-0.3, -0.25) is 0 Å². The zero-order valence-corrected chi connectivity index (χ0v) is 9.07. The summed E-state index contributed by atoms with van der Waals surface area (Å²) in [6.07, 6.45) is 0. The molecule has 2 N–H and O–H groups in total. The molecule has 2 aromatic carbocycles. The number of rotatable bonds is 1. The third-order valence-electron chi connectivity index (χ3n) is 2.55. The van der Waals surface area contributed by atoms with Crippen molar-refractivity contribution in [3.05, 3.63) is 53.6 Å². The molecule has 0 radical (unpaired) electrons. The first-order valence-corrected chi connectivity index (χ1v) is 5.07. The second-order valence-electron chi connectivity index (χ2n) is 3.77. The number of nitrogen functional groups attached to an aromatic ring is 1. The maximum absolute atomic E-state index is 8.85. The Morgan fingerprint density at radius 1 is 1.12 bits per heavy atom. The minimum Gasteiger partial charge on any atom is -0.399 e. The van der Waals surface area contributed by atoms with Crippen LogP contribution < -0.4 is 5.73 Å². The van der Waals surface area contributed by atoms with E-state index in [1.165, 1.54) is 0 Å². The van der Waals surface area contributed by atoms with Crippen LogP contribution in [0.2, 0.25) is 0 Å². The molecule has 0 saturated heterocycles. The third kappa shape index (κ3) is 1.89. The molecule has 78 valence electrons. The van der Waals surface area contributed by atoms with Gasteiger partial charge in [-0.25, -0.2) is 0 Å². The maximum Gasteiger partial charge on any atom is 0.0991 e. The second-order valence-corrected chi connectivity index (χ2v) is 3.77. The predicted octanol–water partition coefficient (Wildman–Crippen LogP) is 3.12. The van der Waals surface area contributed by atoms with Crippen LogP contribution in [0, 0.1) is 18.3 Å². The van der Waals surface area contributed by atoms with Gasteiger partial charge < -0.3 is 5.73 Å². The summed E-state index contributed by atoms with van der Waals surface area (Å²) in [7, 11) is 0. The Kier molecular flexibility index (Phi) is 2.61. The fraction of sp³-hybridized carbons (Fsp3) is 0.0714. The molecule has 0 aliphatic heterocycles. The van der Waals surface area contributed by atoms with Crippen molar-refractivity contribution in [2.24, 2.45) is 0 Å². The highest BCUT2D eigenvalue weighted by Gasteiger charge is 2.02. The van der Waals surface area contributed by atoms with Gasteiger partial charge in [0.1, 0.15) is 0 Å². The molecule has 0 bridgehead atoms. The third-order valence-corrected chi connectivity index (χ3v) is 2.55. The van der Waals surface area contributed by atoms with E-state index in [1.807, 2.05) is 43.3 Å². The molecule has 0 aliphatic carbocycles. The molecule has 0 aliphatic rings. The monoisotopic (exact) mass is 208 g/mol. The van der Waals surface area contributed by atoms with Gasteiger partial charge in [0.2, 0.25) is 0 Å². The average Bonchev–Trinajstić information content (AvgIpc) is 2.29. The number of aryl methyl sites for hydroxylation is 1. The summed E-state index contributed by atoms with van der Waals surface area (Å²) in [5, 5.41) is 8.85. The van der Waals surface area contributed by atoms with Crippen molar-refractivity contribution < 1.29 is 0 Å². The first-order valence-electron chi connectivity index (χ1n) is 5.07. The molecule has 0 fully saturated rings. The molecular formula is C14H12N2. The van der Waals surface area contributed by atoms with Crippen molar-refractivity contribution >= 4 is 5.69 Å². The summed E-state index contributed by atoms with van der Waals surface area (Å²) < 4.78 is 0. The standard InChI is InChI=1S/C14H12N2/c1-10-7-13(16)5-6-14(10)12-4-2-3-11(8-12)9-15/h2-8H,16H2,1H3. The highest BCUT2D eigenvalue weighted by molar-refractivity contribution is 5.70. The van der Waals surface area contributed by atoms with E-state index in [9.17, 15) is 0 Å². The predicted molar refractivity (Wildman–Crippen MR) is 65.7 cm³/mol. The van der Waals surface area contributed by atoms with Crippen molar-refractivity contribution in [2.45, 2.75) is 6.92 Å². The van der Waals surface area contributed by atoms with Crippen LogP contribution in [0.5, 0.6) is 0 Å². The molecule has 16 heavy (non-hydrogen) atoms. The lowest BCUT2D eigenvalue weighted by molar-refractivity contribution is 1.44. The Balaban J connectivity index is 2.55.